The Morgan fingerprint density at radius 3 is 2.35 bits per heavy atom. The average molecular weight is 657 g/mol. The molecule has 1 saturated carbocycles. The quantitative estimate of drug-likeness (QED) is 0.150. The van der Waals surface area contributed by atoms with Crippen molar-refractivity contribution in [2.24, 2.45) is 0 Å². The summed E-state index contributed by atoms with van der Waals surface area (Å²) in [6, 6.07) is 17.3. The SMILES string of the molecule is O=C(NC[C@@H](O)C(=O)O)c1ccc(CN(C(=O)Nc2nc3ccc(OC(F)(F)F)cc3s2)c2ccc(C3CCCCC3)cc2)cc1. The van der Waals surface area contributed by atoms with Crippen LogP contribution in [-0.2, 0) is 11.3 Å². The molecular formula is C32H31F3N4O6S. The molecule has 242 valence electrons. The van der Waals surface area contributed by atoms with Crippen LogP contribution in [0.5, 0.6) is 5.75 Å². The van der Waals surface area contributed by atoms with Gasteiger partial charge >= 0.3 is 18.4 Å². The van der Waals surface area contributed by atoms with Gasteiger partial charge in [0.1, 0.15) is 5.75 Å². The first-order valence-electron chi connectivity index (χ1n) is 14.6. The molecule has 4 aromatic rings. The normalized spacial score (nSPS) is 14.4. The van der Waals surface area contributed by atoms with E-state index in [1.165, 1.54) is 54.0 Å². The number of carbonyl (C=O) groups excluding carboxylic acids is 2. The van der Waals surface area contributed by atoms with E-state index < -0.39 is 42.7 Å². The van der Waals surface area contributed by atoms with Gasteiger partial charge in [0.2, 0.25) is 0 Å². The van der Waals surface area contributed by atoms with E-state index in [4.69, 9.17) is 5.11 Å². The third-order valence-corrected chi connectivity index (χ3v) is 8.57. The number of hydrogen-bond acceptors (Lipinski definition) is 7. The molecule has 0 saturated heterocycles. The summed E-state index contributed by atoms with van der Waals surface area (Å²) in [7, 11) is 0. The highest BCUT2D eigenvalue weighted by molar-refractivity contribution is 7.22. The van der Waals surface area contributed by atoms with Gasteiger partial charge in [-0.25, -0.2) is 14.6 Å². The molecule has 3 aromatic carbocycles. The lowest BCUT2D eigenvalue weighted by molar-refractivity contribution is -0.274. The van der Waals surface area contributed by atoms with Crippen LogP contribution in [0.1, 0.15) is 59.5 Å². The minimum atomic E-state index is -4.84. The summed E-state index contributed by atoms with van der Waals surface area (Å²) < 4.78 is 42.4. The number of benzene rings is 3. The molecule has 0 aliphatic heterocycles. The number of hydrogen-bond donors (Lipinski definition) is 4. The predicted octanol–water partition coefficient (Wildman–Crippen LogP) is 6.66. The number of carboxylic acid groups (broad SMARTS) is 1. The topological polar surface area (TPSA) is 141 Å². The Morgan fingerprint density at radius 1 is 1.00 bits per heavy atom. The van der Waals surface area contributed by atoms with Crippen LogP contribution in [0.4, 0.5) is 28.8 Å². The van der Waals surface area contributed by atoms with Crippen LogP contribution < -0.4 is 20.3 Å². The first-order chi connectivity index (χ1) is 21.9. The molecule has 1 heterocycles. The summed E-state index contributed by atoms with van der Waals surface area (Å²) in [4.78, 5) is 42.7. The van der Waals surface area contributed by atoms with Crippen LogP contribution >= 0.6 is 11.3 Å². The zero-order valence-electron chi connectivity index (χ0n) is 24.4. The number of ether oxygens (including phenoxy) is 1. The second kappa shape index (κ2) is 14.2. The molecule has 4 N–H and O–H groups in total. The van der Waals surface area contributed by atoms with Gasteiger partial charge in [-0.3, -0.25) is 15.0 Å². The van der Waals surface area contributed by atoms with Crippen LogP contribution in [-0.4, -0.2) is 52.1 Å². The number of thiazole rings is 1. The number of urea groups is 1. The number of aliphatic hydroxyl groups excluding tert-OH is 1. The number of alkyl halides is 3. The number of aromatic nitrogens is 1. The molecule has 0 unspecified atom stereocenters. The molecule has 1 aliphatic rings. The zero-order chi connectivity index (χ0) is 32.8. The Balaban J connectivity index is 1.35. The van der Waals surface area contributed by atoms with Crippen molar-refractivity contribution < 1.29 is 42.5 Å². The van der Waals surface area contributed by atoms with Crippen LogP contribution in [0.25, 0.3) is 10.2 Å². The lowest BCUT2D eigenvalue weighted by Gasteiger charge is -2.25. The van der Waals surface area contributed by atoms with Crippen molar-refractivity contribution in [1.82, 2.24) is 10.3 Å². The monoisotopic (exact) mass is 656 g/mol. The second-order valence-electron chi connectivity index (χ2n) is 10.9. The Kier molecular flexibility index (Phi) is 10.1. The highest BCUT2D eigenvalue weighted by Crippen LogP contribution is 2.35. The molecule has 46 heavy (non-hydrogen) atoms. The summed E-state index contributed by atoms with van der Waals surface area (Å²) in [5.41, 5.74) is 3.10. The first-order valence-corrected chi connectivity index (χ1v) is 15.4. The van der Waals surface area contributed by atoms with Gasteiger partial charge in [0, 0.05) is 17.3 Å². The first kappa shape index (κ1) is 32.7. The number of anilines is 2. The van der Waals surface area contributed by atoms with Gasteiger partial charge in [-0.15, -0.1) is 13.2 Å². The molecule has 1 aromatic heterocycles. The van der Waals surface area contributed by atoms with Crippen molar-refractivity contribution in [2.45, 2.75) is 57.0 Å². The molecule has 1 fully saturated rings. The number of fused-ring (bicyclic) bond motifs is 1. The van der Waals surface area contributed by atoms with Crippen molar-refractivity contribution in [1.29, 1.82) is 0 Å². The van der Waals surface area contributed by atoms with Gasteiger partial charge in [-0.2, -0.15) is 0 Å². The van der Waals surface area contributed by atoms with E-state index in [0.717, 1.165) is 30.2 Å². The molecule has 5 rings (SSSR count). The van der Waals surface area contributed by atoms with E-state index in [0.29, 0.717) is 27.4 Å². The summed E-state index contributed by atoms with van der Waals surface area (Å²) in [5.74, 6) is -1.95. The van der Waals surface area contributed by atoms with Crippen molar-refractivity contribution in [3.05, 3.63) is 83.4 Å². The number of rotatable bonds is 10. The third kappa shape index (κ3) is 8.52. The number of nitrogens with one attached hydrogen (secondary N) is 2. The predicted molar refractivity (Wildman–Crippen MR) is 166 cm³/mol. The molecule has 0 bridgehead atoms. The summed E-state index contributed by atoms with van der Waals surface area (Å²) in [6.45, 7) is -0.355. The number of nitrogens with zero attached hydrogens (tertiary/aromatic N) is 2. The fourth-order valence-electron chi connectivity index (χ4n) is 5.28. The zero-order valence-corrected chi connectivity index (χ0v) is 25.2. The van der Waals surface area contributed by atoms with Gasteiger partial charge < -0.3 is 20.3 Å². The van der Waals surface area contributed by atoms with Crippen molar-refractivity contribution in [3.63, 3.8) is 0 Å². The second-order valence-corrected chi connectivity index (χ2v) is 11.9. The van der Waals surface area contributed by atoms with Crippen LogP contribution in [0.3, 0.4) is 0 Å². The van der Waals surface area contributed by atoms with Gasteiger partial charge in [-0.05, 0) is 66.3 Å². The van der Waals surface area contributed by atoms with Gasteiger partial charge in [0.05, 0.1) is 23.3 Å². The van der Waals surface area contributed by atoms with E-state index in [9.17, 15) is 32.7 Å². The molecule has 14 heteroatoms. The molecule has 0 spiro atoms. The van der Waals surface area contributed by atoms with Crippen LogP contribution in [0, 0.1) is 0 Å². The molecule has 3 amide bonds. The Bertz CT molecular complexity index is 1690. The van der Waals surface area contributed by atoms with Crippen LogP contribution in [0.2, 0.25) is 0 Å². The highest BCUT2D eigenvalue weighted by atomic mass is 32.1. The minimum Gasteiger partial charge on any atom is -0.479 e. The smallest absolute Gasteiger partial charge is 0.479 e. The maximum absolute atomic E-state index is 13.7. The number of carbonyl (C=O) groups is 3. The third-order valence-electron chi connectivity index (χ3n) is 7.63. The van der Waals surface area contributed by atoms with E-state index >= 15 is 0 Å². The fraction of sp³-hybridized carbons (Fsp3) is 0.312. The minimum absolute atomic E-state index is 0.0999. The van der Waals surface area contributed by atoms with E-state index in [2.05, 4.69) is 20.4 Å². The molecule has 1 aliphatic carbocycles. The molecule has 10 nitrogen and oxygen atoms in total. The van der Waals surface area contributed by atoms with E-state index in [1.807, 2.05) is 24.3 Å². The summed E-state index contributed by atoms with van der Waals surface area (Å²) in [5, 5.41) is 23.5. The summed E-state index contributed by atoms with van der Waals surface area (Å²) >= 11 is 1.00. The lowest BCUT2D eigenvalue weighted by Crippen LogP contribution is -2.36. The van der Waals surface area contributed by atoms with Gasteiger partial charge in [-0.1, -0.05) is 54.9 Å². The largest absolute Gasteiger partial charge is 0.573 e. The van der Waals surface area contributed by atoms with Gasteiger partial charge in [0.15, 0.2) is 11.2 Å². The highest BCUT2D eigenvalue weighted by Gasteiger charge is 2.31. The maximum atomic E-state index is 13.7. The maximum Gasteiger partial charge on any atom is 0.573 e. The molecular weight excluding hydrogens is 625 g/mol. The van der Waals surface area contributed by atoms with Crippen molar-refractivity contribution in [3.8, 4) is 5.75 Å². The number of aliphatic hydroxyl groups is 1. The van der Waals surface area contributed by atoms with E-state index in [-0.39, 0.29) is 17.2 Å². The van der Waals surface area contributed by atoms with E-state index in [1.54, 1.807) is 12.1 Å². The van der Waals surface area contributed by atoms with Crippen LogP contribution in [0.15, 0.2) is 66.7 Å². The number of amides is 3. The standard InChI is InChI=1S/C32H31F3N4O6S/c33-32(34,35)45-24-14-15-25-27(16-24)46-30(37-25)38-31(44)39(23-12-10-21(11-13-23)20-4-2-1-3-5-20)18-19-6-8-22(9-7-19)28(41)36-17-26(40)29(42)43/h6-16,20,26,40H,1-5,17-18H2,(H,36,41)(H,42,43)(H,37,38,44)/t26-/m1/s1. The number of halogens is 3. The van der Waals surface area contributed by atoms with Crippen molar-refractivity contribution >= 4 is 50.3 Å². The Morgan fingerprint density at radius 2 is 1.70 bits per heavy atom. The Hall–Kier alpha value is -4.69. The average Bonchev–Trinajstić information content (AvgIpc) is 3.43. The molecule has 0 radical (unpaired) electrons. The lowest BCUT2D eigenvalue weighted by atomic mass is 9.84. The van der Waals surface area contributed by atoms with Crippen molar-refractivity contribution in [2.75, 3.05) is 16.8 Å². The molecule has 1 atom stereocenters. The van der Waals surface area contributed by atoms with Gasteiger partial charge in [0.25, 0.3) is 5.91 Å². The fourth-order valence-corrected chi connectivity index (χ4v) is 6.16. The number of carboxylic acids is 1. The Labute approximate surface area is 265 Å². The summed E-state index contributed by atoms with van der Waals surface area (Å²) in [6.07, 6.45) is -0.742. The number of aliphatic carboxylic acids is 1.